The molecule has 3 aromatic rings. The number of carbonyl (C=O) groups excluding carboxylic acids is 1. The average Bonchev–Trinajstić information content (AvgIpc) is 3.40. The number of carbonyl (C=O) groups is 2. The van der Waals surface area contributed by atoms with E-state index in [-0.39, 0.29) is 11.5 Å². The van der Waals surface area contributed by atoms with Crippen molar-refractivity contribution in [2.24, 2.45) is 12.5 Å². The van der Waals surface area contributed by atoms with Gasteiger partial charge in [-0.25, -0.2) is 9.78 Å². The highest BCUT2D eigenvalue weighted by atomic mass is 32.1. The summed E-state index contributed by atoms with van der Waals surface area (Å²) in [5, 5.41) is 16.0. The van der Waals surface area contributed by atoms with Crippen LogP contribution in [0.15, 0.2) is 23.6 Å². The maximum Gasteiger partial charge on any atom is 0.335 e. The van der Waals surface area contributed by atoms with Crippen LogP contribution in [0.2, 0.25) is 0 Å². The molecule has 0 radical (unpaired) electrons. The van der Waals surface area contributed by atoms with Crippen molar-refractivity contribution in [2.45, 2.75) is 52.4 Å². The van der Waals surface area contributed by atoms with Gasteiger partial charge in [0.2, 0.25) is 5.91 Å². The minimum absolute atomic E-state index is 0.0671. The molecule has 1 saturated carbocycles. The van der Waals surface area contributed by atoms with Crippen molar-refractivity contribution in [1.29, 1.82) is 0 Å². The minimum Gasteiger partial charge on any atom is -0.478 e. The molecule has 2 aromatic heterocycles. The summed E-state index contributed by atoms with van der Waals surface area (Å²) in [4.78, 5) is 28.6. The first-order chi connectivity index (χ1) is 14.2. The number of anilines is 1. The number of benzene rings is 1. The van der Waals surface area contributed by atoms with Crippen LogP contribution in [0.5, 0.6) is 0 Å². The van der Waals surface area contributed by atoms with Crippen LogP contribution in [0.3, 0.4) is 0 Å². The van der Waals surface area contributed by atoms with E-state index < -0.39 is 11.4 Å². The van der Waals surface area contributed by atoms with Gasteiger partial charge in [0.25, 0.3) is 0 Å². The SMILES string of the molecule is Cn1c(-c2csc(NC(=O)C(C)(C)C)n2)c(C2CCCC2)c2ccc(C(=O)O)cc21. The molecule has 0 atom stereocenters. The van der Waals surface area contributed by atoms with Crippen molar-refractivity contribution in [3.63, 3.8) is 0 Å². The molecule has 7 heteroatoms. The lowest BCUT2D eigenvalue weighted by Gasteiger charge is -2.16. The Morgan fingerprint density at radius 3 is 2.57 bits per heavy atom. The zero-order chi connectivity index (χ0) is 21.6. The maximum atomic E-state index is 12.4. The summed E-state index contributed by atoms with van der Waals surface area (Å²) >= 11 is 1.42. The van der Waals surface area contributed by atoms with Gasteiger partial charge in [-0.3, -0.25) is 4.79 Å². The van der Waals surface area contributed by atoms with E-state index in [0.717, 1.165) is 35.1 Å². The summed E-state index contributed by atoms with van der Waals surface area (Å²) in [6.45, 7) is 5.62. The van der Waals surface area contributed by atoms with E-state index >= 15 is 0 Å². The zero-order valence-corrected chi connectivity index (χ0v) is 18.6. The monoisotopic (exact) mass is 425 g/mol. The lowest BCUT2D eigenvalue weighted by Crippen LogP contribution is -2.27. The van der Waals surface area contributed by atoms with Gasteiger partial charge in [0, 0.05) is 28.7 Å². The summed E-state index contributed by atoms with van der Waals surface area (Å²) < 4.78 is 2.06. The van der Waals surface area contributed by atoms with Gasteiger partial charge < -0.3 is 15.0 Å². The molecule has 2 heterocycles. The molecular weight excluding hydrogens is 398 g/mol. The number of aromatic nitrogens is 2. The fourth-order valence-corrected chi connectivity index (χ4v) is 4.95. The van der Waals surface area contributed by atoms with Crippen molar-refractivity contribution in [2.75, 3.05) is 5.32 Å². The molecule has 6 nitrogen and oxygen atoms in total. The third kappa shape index (κ3) is 3.62. The molecule has 158 valence electrons. The predicted molar refractivity (Wildman–Crippen MR) is 120 cm³/mol. The highest BCUT2D eigenvalue weighted by Crippen LogP contribution is 2.45. The van der Waals surface area contributed by atoms with E-state index in [4.69, 9.17) is 4.98 Å². The van der Waals surface area contributed by atoms with Gasteiger partial charge in [-0.2, -0.15) is 0 Å². The maximum absolute atomic E-state index is 12.4. The Balaban J connectivity index is 1.84. The van der Waals surface area contributed by atoms with Crippen molar-refractivity contribution >= 4 is 39.2 Å². The van der Waals surface area contributed by atoms with Crippen LogP contribution in [0, 0.1) is 5.41 Å². The molecule has 4 rings (SSSR count). The van der Waals surface area contributed by atoms with Crippen LogP contribution in [0.4, 0.5) is 5.13 Å². The molecule has 1 aliphatic carbocycles. The number of nitrogens with zero attached hydrogens (tertiary/aromatic N) is 2. The van der Waals surface area contributed by atoms with Gasteiger partial charge in [-0.05, 0) is 36.5 Å². The standard InChI is InChI=1S/C23H27N3O3S/c1-23(2,3)21(29)25-22-24-16(12-30-22)19-18(13-7-5-6-8-13)15-10-9-14(20(27)28)11-17(15)26(19)4/h9-13H,5-8H2,1-4H3,(H,27,28)(H,24,25,29). The second-order valence-electron chi connectivity index (χ2n) is 9.08. The Morgan fingerprint density at radius 2 is 1.93 bits per heavy atom. The zero-order valence-electron chi connectivity index (χ0n) is 17.8. The number of carboxylic acid groups (broad SMARTS) is 1. The Labute approximate surface area is 179 Å². The predicted octanol–water partition coefficient (Wildman–Crippen LogP) is 5.64. The number of fused-ring (bicyclic) bond motifs is 1. The lowest BCUT2D eigenvalue weighted by atomic mass is 9.93. The summed E-state index contributed by atoms with van der Waals surface area (Å²) in [6, 6.07) is 5.36. The number of thiazole rings is 1. The highest BCUT2D eigenvalue weighted by Gasteiger charge is 2.28. The third-order valence-corrected chi connectivity index (χ3v) is 6.66. The lowest BCUT2D eigenvalue weighted by molar-refractivity contribution is -0.123. The largest absolute Gasteiger partial charge is 0.478 e. The van der Waals surface area contributed by atoms with E-state index in [1.165, 1.54) is 29.7 Å². The molecule has 2 N–H and O–H groups in total. The molecule has 30 heavy (non-hydrogen) atoms. The van der Waals surface area contributed by atoms with Crippen LogP contribution in [-0.2, 0) is 11.8 Å². The topological polar surface area (TPSA) is 84.2 Å². The van der Waals surface area contributed by atoms with Crippen molar-refractivity contribution in [3.05, 3.63) is 34.7 Å². The number of carboxylic acids is 1. The summed E-state index contributed by atoms with van der Waals surface area (Å²) in [5.74, 6) is -0.556. The molecular formula is C23H27N3O3S. The number of nitrogens with one attached hydrogen (secondary N) is 1. The Bertz CT molecular complexity index is 1130. The number of aromatic carboxylic acids is 1. The quantitative estimate of drug-likeness (QED) is 0.566. The first-order valence-electron chi connectivity index (χ1n) is 10.3. The molecule has 0 aliphatic heterocycles. The molecule has 1 amide bonds. The molecule has 0 spiro atoms. The van der Waals surface area contributed by atoms with Crippen LogP contribution < -0.4 is 5.32 Å². The highest BCUT2D eigenvalue weighted by molar-refractivity contribution is 7.14. The Hall–Kier alpha value is -2.67. The first kappa shape index (κ1) is 20.6. The van der Waals surface area contributed by atoms with E-state index in [0.29, 0.717) is 11.0 Å². The molecule has 1 fully saturated rings. The second-order valence-corrected chi connectivity index (χ2v) is 9.94. The molecule has 0 bridgehead atoms. The molecule has 1 aromatic carbocycles. The number of hydrogen-bond acceptors (Lipinski definition) is 4. The Kier molecular flexibility index (Phi) is 5.18. The fourth-order valence-electron chi connectivity index (χ4n) is 4.26. The van der Waals surface area contributed by atoms with Gasteiger partial charge in [-0.15, -0.1) is 11.3 Å². The van der Waals surface area contributed by atoms with Gasteiger partial charge in [-0.1, -0.05) is 39.7 Å². The van der Waals surface area contributed by atoms with E-state index in [9.17, 15) is 14.7 Å². The fraction of sp³-hybridized carbons (Fsp3) is 0.435. The smallest absolute Gasteiger partial charge is 0.335 e. The average molecular weight is 426 g/mol. The summed E-state index contributed by atoms with van der Waals surface area (Å²) in [7, 11) is 1.97. The van der Waals surface area contributed by atoms with Gasteiger partial charge in [0.1, 0.15) is 5.69 Å². The van der Waals surface area contributed by atoms with E-state index in [1.54, 1.807) is 12.1 Å². The minimum atomic E-state index is -0.928. The second kappa shape index (κ2) is 7.54. The van der Waals surface area contributed by atoms with Crippen LogP contribution in [0.1, 0.15) is 68.3 Å². The van der Waals surface area contributed by atoms with Crippen molar-refractivity contribution in [3.8, 4) is 11.4 Å². The number of rotatable bonds is 4. The van der Waals surface area contributed by atoms with Crippen LogP contribution in [0.25, 0.3) is 22.3 Å². The number of hydrogen-bond donors (Lipinski definition) is 2. The van der Waals surface area contributed by atoms with Crippen LogP contribution >= 0.6 is 11.3 Å². The third-order valence-electron chi connectivity index (χ3n) is 5.90. The van der Waals surface area contributed by atoms with Crippen molar-refractivity contribution < 1.29 is 14.7 Å². The van der Waals surface area contributed by atoms with Crippen molar-refractivity contribution in [1.82, 2.24) is 9.55 Å². The molecule has 0 saturated heterocycles. The van der Waals surface area contributed by atoms with Gasteiger partial charge in [0.15, 0.2) is 5.13 Å². The summed E-state index contributed by atoms with van der Waals surface area (Å²) in [6.07, 6.45) is 4.67. The summed E-state index contributed by atoms with van der Waals surface area (Å²) in [5.41, 5.74) is 3.78. The first-order valence-corrected chi connectivity index (χ1v) is 11.2. The van der Waals surface area contributed by atoms with E-state index in [2.05, 4.69) is 9.88 Å². The normalized spacial score (nSPS) is 15.1. The van der Waals surface area contributed by atoms with Gasteiger partial charge >= 0.3 is 5.97 Å². The van der Waals surface area contributed by atoms with Gasteiger partial charge in [0.05, 0.1) is 11.3 Å². The number of aryl methyl sites for hydroxylation is 1. The van der Waals surface area contributed by atoms with Crippen LogP contribution in [-0.4, -0.2) is 26.5 Å². The number of amides is 1. The molecule has 0 unspecified atom stereocenters. The van der Waals surface area contributed by atoms with E-state index in [1.807, 2.05) is 39.3 Å². The molecule has 1 aliphatic rings. The Morgan fingerprint density at radius 1 is 1.23 bits per heavy atom.